The van der Waals surface area contributed by atoms with Crippen molar-refractivity contribution in [1.29, 1.82) is 0 Å². The summed E-state index contributed by atoms with van der Waals surface area (Å²) < 4.78 is 5.39. The number of rotatable bonds is 1. The van der Waals surface area contributed by atoms with Gasteiger partial charge < -0.3 is 15.0 Å². The topological polar surface area (TPSA) is 67.4 Å². The minimum atomic E-state index is -0.0123. The van der Waals surface area contributed by atoms with Gasteiger partial charge in [0, 0.05) is 32.2 Å². The first-order valence-electron chi connectivity index (χ1n) is 6.41. The fourth-order valence-corrected chi connectivity index (χ4v) is 2.68. The maximum absolute atomic E-state index is 11.7. The molecule has 0 saturated carbocycles. The lowest BCUT2D eigenvalue weighted by molar-refractivity contribution is -0.116. The van der Waals surface area contributed by atoms with Crippen LogP contribution in [-0.4, -0.2) is 41.7 Å². The summed E-state index contributed by atoms with van der Waals surface area (Å²) in [5.41, 5.74) is 0.637. The van der Waals surface area contributed by atoms with Gasteiger partial charge in [0.2, 0.25) is 11.2 Å². The monoisotopic (exact) mass is 282 g/mol. The van der Waals surface area contributed by atoms with Crippen LogP contribution >= 0.6 is 11.6 Å². The van der Waals surface area contributed by atoms with Crippen LogP contribution in [0, 0.1) is 0 Å². The SMILES string of the molecule is O=C1CCN(C2CCOCC2)c2nc(Cl)ncc2N1. The number of amides is 1. The van der Waals surface area contributed by atoms with Crippen LogP contribution in [0.1, 0.15) is 19.3 Å². The zero-order valence-electron chi connectivity index (χ0n) is 10.4. The molecule has 3 heterocycles. The second-order valence-electron chi connectivity index (χ2n) is 4.71. The van der Waals surface area contributed by atoms with E-state index in [0.29, 0.717) is 24.7 Å². The number of ether oxygens (including phenoxy) is 1. The van der Waals surface area contributed by atoms with Gasteiger partial charge in [0.15, 0.2) is 5.82 Å². The first-order chi connectivity index (χ1) is 9.24. The first-order valence-corrected chi connectivity index (χ1v) is 6.78. The predicted molar refractivity (Wildman–Crippen MR) is 71.5 cm³/mol. The van der Waals surface area contributed by atoms with E-state index in [0.717, 1.165) is 31.9 Å². The van der Waals surface area contributed by atoms with Gasteiger partial charge >= 0.3 is 0 Å². The number of nitrogens with zero attached hydrogens (tertiary/aromatic N) is 3. The van der Waals surface area contributed by atoms with Crippen LogP contribution in [0.15, 0.2) is 6.20 Å². The second-order valence-corrected chi connectivity index (χ2v) is 5.05. The third-order valence-corrected chi connectivity index (χ3v) is 3.68. The Kier molecular flexibility index (Phi) is 3.52. The zero-order valence-corrected chi connectivity index (χ0v) is 11.2. The molecular weight excluding hydrogens is 268 g/mol. The molecular formula is C12H15ClN4O2. The molecule has 2 aliphatic rings. The van der Waals surface area contributed by atoms with E-state index < -0.39 is 0 Å². The van der Waals surface area contributed by atoms with E-state index in [-0.39, 0.29) is 11.2 Å². The van der Waals surface area contributed by atoms with E-state index in [2.05, 4.69) is 20.2 Å². The summed E-state index contributed by atoms with van der Waals surface area (Å²) in [7, 11) is 0. The van der Waals surface area contributed by atoms with Crippen molar-refractivity contribution in [3.8, 4) is 0 Å². The van der Waals surface area contributed by atoms with E-state index in [1.54, 1.807) is 6.20 Å². The largest absolute Gasteiger partial charge is 0.381 e. The molecule has 1 aromatic heterocycles. The summed E-state index contributed by atoms with van der Waals surface area (Å²) >= 11 is 5.88. The number of halogens is 1. The third-order valence-electron chi connectivity index (χ3n) is 3.50. The van der Waals surface area contributed by atoms with Crippen LogP contribution in [0.4, 0.5) is 11.5 Å². The number of carbonyl (C=O) groups excluding carboxylic acids is 1. The molecule has 0 radical (unpaired) electrons. The van der Waals surface area contributed by atoms with Crippen molar-refractivity contribution in [2.75, 3.05) is 30.0 Å². The van der Waals surface area contributed by atoms with Gasteiger partial charge in [-0.05, 0) is 24.4 Å². The fourth-order valence-electron chi connectivity index (χ4n) is 2.55. The van der Waals surface area contributed by atoms with Gasteiger partial charge in [-0.15, -0.1) is 0 Å². The Morgan fingerprint density at radius 3 is 3.00 bits per heavy atom. The normalized spacial score (nSPS) is 20.7. The van der Waals surface area contributed by atoms with Gasteiger partial charge in [-0.25, -0.2) is 4.98 Å². The maximum Gasteiger partial charge on any atom is 0.226 e. The Morgan fingerprint density at radius 2 is 2.21 bits per heavy atom. The van der Waals surface area contributed by atoms with Crippen molar-refractivity contribution in [2.24, 2.45) is 0 Å². The van der Waals surface area contributed by atoms with Crippen molar-refractivity contribution in [2.45, 2.75) is 25.3 Å². The lowest BCUT2D eigenvalue weighted by atomic mass is 10.1. The van der Waals surface area contributed by atoms with E-state index >= 15 is 0 Å². The minimum Gasteiger partial charge on any atom is -0.381 e. The smallest absolute Gasteiger partial charge is 0.226 e. The van der Waals surface area contributed by atoms with Gasteiger partial charge in [0.25, 0.3) is 0 Å². The van der Waals surface area contributed by atoms with E-state index in [4.69, 9.17) is 16.3 Å². The number of anilines is 2. The van der Waals surface area contributed by atoms with Crippen molar-refractivity contribution in [3.05, 3.63) is 11.5 Å². The molecule has 2 aliphatic heterocycles. The standard InChI is InChI=1S/C12H15ClN4O2/c13-12-14-7-9-11(16-12)17(4-1-10(18)15-9)8-2-5-19-6-3-8/h7-8H,1-6H2,(H,15,18). The summed E-state index contributed by atoms with van der Waals surface area (Å²) in [6, 6.07) is 0.339. The van der Waals surface area contributed by atoms with E-state index in [9.17, 15) is 4.79 Å². The number of nitrogens with one attached hydrogen (secondary N) is 1. The molecule has 6 nitrogen and oxygen atoms in total. The highest BCUT2D eigenvalue weighted by atomic mass is 35.5. The summed E-state index contributed by atoms with van der Waals surface area (Å²) in [5.74, 6) is 0.708. The van der Waals surface area contributed by atoms with Crippen LogP contribution in [0.3, 0.4) is 0 Å². The molecule has 1 N–H and O–H groups in total. The van der Waals surface area contributed by atoms with Crippen molar-refractivity contribution in [3.63, 3.8) is 0 Å². The Labute approximate surface area is 116 Å². The molecule has 0 aromatic carbocycles. The zero-order chi connectivity index (χ0) is 13.2. The number of hydrogen-bond donors (Lipinski definition) is 1. The molecule has 102 valence electrons. The van der Waals surface area contributed by atoms with E-state index in [1.165, 1.54) is 0 Å². The second kappa shape index (κ2) is 5.30. The Bertz CT molecular complexity index is 491. The Morgan fingerprint density at radius 1 is 1.42 bits per heavy atom. The quantitative estimate of drug-likeness (QED) is 0.790. The van der Waals surface area contributed by atoms with Crippen LogP contribution < -0.4 is 10.2 Å². The summed E-state index contributed by atoms with van der Waals surface area (Å²) in [4.78, 5) is 22.1. The fraction of sp³-hybridized carbons (Fsp3) is 0.583. The van der Waals surface area contributed by atoms with Gasteiger partial charge in [-0.3, -0.25) is 4.79 Å². The van der Waals surface area contributed by atoms with Gasteiger partial charge in [0.1, 0.15) is 5.69 Å². The van der Waals surface area contributed by atoms with Crippen LogP contribution in [0.2, 0.25) is 5.28 Å². The maximum atomic E-state index is 11.7. The Hall–Kier alpha value is -1.40. The molecule has 1 saturated heterocycles. The van der Waals surface area contributed by atoms with Crippen molar-refractivity contribution in [1.82, 2.24) is 9.97 Å². The van der Waals surface area contributed by atoms with E-state index in [1.807, 2.05) is 0 Å². The molecule has 0 spiro atoms. The predicted octanol–water partition coefficient (Wildman–Crippen LogP) is 1.46. The number of aromatic nitrogens is 2. The molecule has 7 heteroatoms. The molecule has 1 amide bonds. The average Bonchev–Trinajstić information content (AvgIpc) is 2.58. The minimum absolute atomic E-state index is 0.0123. The summed E-state index contributed by atoms with van der Waals surface area (Å²) in [6.45, 7) is 2.14. The lowest BCUT2D eigenvalue weighted by Gasteiger charge is -2.34. The highest BCUT2D eigenvalue weighted by Crippen LogP contribution is 2.30. The average molecular weight is 283 g/mol. The van der Waals surface area contributed by atoms with Gasteiger partial charge in [0.05, 0.1) is 6.20 Å². The highest BCUT2D eigenvalue weighted by molar-refractivity contribution is 6.28. The lowest BCUT2D eigenvalue weighted by Crippen LogP contribution is -2.40. The highest BCUT2D eigenvalue weighted by Gasteiger charge is 2.28. The van der Waals surface area contributed by atoms with Crippen molar-refractivity contribution < 1.29 is 9.53 Å². The summed E-state index contributed by atoms with van der Waals surface area (Å²) in [5, 5.41) is 3.02. The molecule has 0 unspecified atom stereocenters. The van der Waals surface area contributed by atoms with Crippen molar-refractivity contribution >= 4 is 29.0 Å². The van der Waals surface area contributed by atoms with Crippen LogP contribution in [0.5, 0.6) is 0 Å². The molecule has 3 rings (SSSR count). The van der Waals surface area contributed by atoms with Gasteiger partial charge in [-0.1, -0.05) is 0 Å². The molecule has 0 aliphatic carbocycles. The van der Waals surface area contributed by atoms with Crippen LogP contribution in [0.25, 0.3) is 0 Å². The number of carbonyl (C=O) groups is 1. The molecule has 19 heavy (non-hydrogen) atoms. The number of fused-ring (bicyclic) bond motifs is 1. The molecule has 0 bridgehead atoms. The third kappa shape index (κ3) is 2.64. The van der Waals surface area contributed by atoms with Gasteiger partial charge in [-0.2, -0.15) is 4.98 Å². The Balaban J connectivity index is 1.95. The first kappa shape index (κ1) is 12.6. The molecule has 1 fully saturated rings. The van der Waals surface area contributed by atoms with Crippen LogP contribution in [-0.2, 0) is 9.53 Å². The molecule has 0 atom stereocenters. The molecule has 1 aromatic rings. The summed E-state index contributed by atoms with van der Waals surface area (Å²) in [6.07, 6.45) is 3.90. The number of hydrogen-bond acceptors (Lipinski definition) is 5.